The molecule has 0 aliphatic rings. The normalized spacial score (nSPS) is 13.6. The highest BCUT2D eigenvalue weighted by atomic mass is 16.4. The van der Waals surface area contributed by atoms with Crippen LogP contribution in [-0.4, -0.2) is 143 Å². The van der Waals surface area contributed by atoms with E-state index in [4.69, 9.17) is 21.7 Å². The van der Waals surface area contributed by atoms with Crippen molar-refractivity contribution in [1.82, 2.24) is 37.2 Å². The molecule has 0 radical (unpaired) electrons. The molecule has 0 saturated heterocycles. The lowest BCUT2D eigenvalue weighted by molar-refractivity contribution is -0.142. The summed E-state index contributed by atoms with van der Waals surface area (Å²) in [4.78, 5) is 121. The number of rotatable bonds is 26. The van der Waals surface area contributed by atoms with Crippen molar-refractivity contribution in [3.8, 4) is 0 Å². The minimum atomic E-state index is -1.81. The lowest BCUT2D eigenvalue weighted by atomic mass is 10.0. The monoisotopic (exact) mass is 747 g/mol. The fourth-order valence-electron chi connectivity index (χ4n) is 4.17. The number of hydrogen-bond acceptors (Lipinski definition) is 13. The van der Waals surface area contributed by atoms with Gasteiger partial charge in [0.2, 0.25) is 41.4 Å². The maximum Gasteiger partial charge on any atom is 0.322 e. The van der Waals surface area contributed by atoms with Crippen molar-refractivity contribution in [2.24, 2.45) is 17.4 Å². The van der Waals surface area contributed by atoms with Gasteiger partial charge >= 0.3 is 17.9 Å². The third kappa shape index (κ3) is 19.7. The molecule has 0 aliphatic carbocycles. The van der Waals surface area contributed by atoms with Gasteiger partial charge in [-0.15, -0.1) is 0 Å². The molecule has 7 amide bonds. The molecule has 0 aliphatic heterocycles. The van der Waals surface area contributed by atoms with Crippen LogP contribution in [0.15, 0.2) is 0 Å². The number of aliphatic carboxylic acids is 3. The number of hydrogen-bond donors (Lipinski definition) is 13. The molecule has 5 atom stereocenters. The molecule has 294 valence electrons. The van der Waals surface area contributed by atoms with Crippen molar-refractivity contribution in [3.63, 3.8) is 0 Å². The number of aliphatic hydroxyl groups is 1. The van der Waals surface area contributed by atoms with Gasteiger partial charge in [-0.05, 0) is 31.7 Å². The molecule has 0 saturated carbocycles. The van der Waals surface area contributed by atoms with Crippen LogP contribution in [0.3, 0.4) is 0 Å². The van der Waals surface area contributed by atoms with E-state index in [0.717, 1.165) is 0 Å². The number of carboxylic acid groups (broad SMARTS) is 3. The Morgan fingerprint density at radius 2 is 1.12 bits per heavy atom. The van der Waals surface area contributed by atoms with E-state index in [1.54, 1.807) is 0 Å². The van der Waals surface area contributed by atoms with Crippen LogP contribution in [-0.2, 0) is 47.9 Å². The van der Waals surface area contributed by atoms with Gasteiger partial charge in [0.05, 0.1) is 32.2 Å². The van der Waals surface area contributed by atoms with Gasteiger partial charge in [0.15, 0.2) is 0 Å². The van der Waals surface area contributed by atoms with Gasteiger partial charge < -0.3 is 69.1 Å². The van der Waals surface area contributed by atoms with Crippen molar-refractivity contribution < 1.29 is 68.4 Å². The first kappa shape index (κ1) is 46.6. The summed E-state index contributed by atoms with van der Waals surface area (Å²) in [6.07, 6.45) is -0.467. The summed E-state index contributed by atoms with van der Waals surface area (Å²) in [6.45, 7) is 0.138. The second-order valence-electron chi connectivity index (χ2n) is 11.7. The van der Waals surface area contributed by atoms with E-state index in [-0.39, 0.29) is 0 Å². The molecule has 23 nitrogen and oxygen atoms in total. The minimum absolute atomic E-state index is 0.325. The molecule has 0 rings (SSSR count). The highest BCUT2D eigenvalue weighted by Gasteiger charge is 2.33. The van der Waals surface area contributed by atoms with E-state index >= 15 is 0 Å². The Morgan fingerprint density at radius 1 is 0.577 bits per heavy atom. The predicted octanol–water partition coefficient (Wildman–Crippen LogP) is -6.20. The summed E-state index contributed by atoms with van der Waals surface area (Å²) < 4.78 is 0. The van der Waals surface area contributed by atoms with Crippen LogP contribution in [0.2, 0.25) is 0 Å². The summed E-state index contributed by atoms with van der Waals surface area (Å²) in [5, 5.41) is 51.8. The van der Waals surface area contributed by atoms with Gasteiger partial charge in [0, 0.05) is 6.42 Å². The topological polar surface area (TPSA) is 388 Å². The third-order valence-corrected chi connectivity index (χ3v) is 6.96. The van der Waals surface area contributed by atoms with Gasteiger partial charge in [-0.1, -0.05) is 20.3 Å². The van der Waals surface area contributed by atoms with Gasteiger partial charge in [-0.3, -0.25) is 47.9 Å². The minimum Gasteiger partial charge on any atom is -0.481 e. The molecular weight excluding hydrogens is 698 g/mol. The zero-order chi connectivity index (χ0) is 40.0. The van der Waals surface area contributed by atoms with Crippen molar-refractivity contribution in [1.29, 1.82) is 0 Å². The maximum atomic E-state index is 13.1. The third-order valence-electron chi connectivity index (χ3n) is 6.96. The van der Waals surface area contributed by atoms with E-state index in [9.17, 15) is 58.2 Å². The van der Waals surface area contributed by atoms with Crippen LogP contribution >= 0.6 is 0 Å². The van der Waals surface area contributed by atoms with Crippen LogP contribution in [0, 0.1) is 5.92 Å². The molecule has 23 heteroatoms. The zero-order valence-electron chi connectivity index (χ0n) is 28.8. The lowest BCUT2D eigenvalue weighted by Crippen LogP contribution is -2.59. The summed E-state index contributed by atoms with van der Waals surface area (Å²) in [7, 11) is 0. The average Bonchev–Trinajstić information content (AvgIpc) is 3.06. The molecule has 0 spiro atoms. The Bertz CT molecular complexity index is 1300. The van der Waals surface area contributed by atoms with Crippen LogP contribution < -0.4 is 48.7 Å². The molecule has 0 heterocycles. The summed E-state index contributed by atoms with van der Waals surface area (Å²) in [5.41, 5.74) is 11.1. The molecule has 0 fully saturated rings. The Labute approximate surface area is 297 Å². The average molecular weight is 748 g/mol. The van der Waals surface area contributed by atoms with Crippen LogP contribution in [0.5, 0.6) is 0 Å². The van der Waals surface area contributed by atoms with Crippen molar-refractivity contribution >= 4 is 59.3 Å². The number of unbranched alkanes of at least 4 members (excludes halogenated alkanes) is 1. The molecule has 0 aromatic carbocycles. The Balaban J connectivity index is 5.40. The molecule has 0 bridgehead atoms. The first-order valence-electron chi connectivity index (χ1n) is 16.1. The predicted molar refractivity (Wildman–Crippen MR) is 176 cm³/mol. The van der Waals surface area contributed by atoms with Crippen LogP contribution in [0.25, 0.3) is 0 Å². The zero-order valence-corrected chi connectivity index (χ0v) is 28.8. The molecule has 0 unspecified atom stereocenters. The number of aliphatic hydroxyl groups excluding tert-OH is 1. The highest BCUT2D eigenvalue weighted by Crippen LogP contribution is 2.07. The number of amides is 7. The van der Waals surface area contributed by atoms with Gasteiger partial charge in [-0.2, -0.15) is 0 Å². The number of carbonyl (C=O) groups is 10. The first-order chi connectivity index (χ1) is 24.3. The second-order valence-corrected chi connectivity index (χ2v) is 11.7. The summed E-state index contributed by atoms with van der Waals surface area (Å²) >= 11 is 0. The van der Waals surface area contributed by atoms with Crippen molar-refractivity contribution in [2.75, 3.05) is 32.8 Å². The highest BCUT2D eigenvalue weighted by molar-refractivity contribution is 5.97. The molecular formula is C29H49N9O14. The van der Waals surface area contributed by atoms with E-state index < -0.39 is 141 Å². The molecule has 0 aromatic heterocycles. The Morgan fingerprint density at radius 3 is 1.62 bits per heavy atom. The molecule has 0 aromatic rings. The maximum absolute atomic E-state index is 13.1. The first-order valence-corrected chi connectivity index (χ1v) is 16.1. The quantitative estimate of drug-likeness (QED) is 0.0366. The number of nitrogens with two attached hydrogens (primary N) is 2. The van der Waals surface area contributed by atoms with E-state index in [1.807, 2.05) is 5.32 Å². The van der Waals surface area contributed by atoms with E-state index in [1.165, 1.54) is 13.8 Å². The van der Waals surface area contributed by atoms with E-state index in [0.29, 0.717) is 25.8 Å². The SMILES string of the molecule is CC(C)[C@H](NC(=O)[C@H](CC(=O)O)NC(=O)CNC(=O)[C@H](CO)NC(=O)CNC(=O)[C@@H](N)CCCCN)C(=O)N[C@@H](CCC(=O)O)C(=O)NCC(=O)O. The number of nitrogens with one attached hydrogen (secondary N) is 7. The van der Waals surface area contributed by atoms with Gasteiger partial charge in [-0.25, -0.2) is 0 Å². The second kappa shape index (κ2) is 24.7. The molecule has 15 N–H and O–H groups in total. The summed E-state index contributed by atoms with van der Waals surface area (Å²) in [5.74, 6) is -11.9. The fourth-order valence-corrected chi connectivity index (χ4v) is 4.17. The van der Waals surface area contributed by atoms with E-state index in [2.05, 4.69) is 31.9 Å². The number of carbonyl (C=O) groups excluding carboxylic acids is 7. The van der Waals surface area contributed by atoms with Crippen molar-refractivity contribution in [2.45, 2.75) is 82.6 Å². The van der Waals surface area contributed by atoms with Gasteiger partial charge in [0.25, 0.3) is 0 Å². The summed E-state index contributed by atoms with van der Waals surface area (Å²) in [6, 6.07) is -7.28. The lowest BCUT2D eigenvalue weighted by Gasteiger charge is -2.27. The van der Waals surface area contributed by atoms with Crippen LogP contribution in [0.4, 0.5) is 0 Å². The largest absolute Gasteiger partial charge is 0.481 e. The Kier molecular flexibility index (Phi) is 22.1. The fraction of sp³-hybridized carbons (Fsp3) is 0.655. The Hall–Kier alpha value is -5.42. The smallest absolute Gasteiger partial charge is 0.322 e. The van der Waals surface area contributed by atoms with Crippen LogP contribution in [0.1, 0.15) is 52.4 Å². The number of carboxylic acids is 3. The molecule has 52 heavy (non-hydrogen) atoms. The standard InChI is InChI=1S/C29H49N9O14/c1-14(2)24(29(52)37-16(6-7-21(42)43)26(49)34-12-23(46)47)38-28(51)17(9-22(44)45)35-19(40)11-33-27(50)18(13-39)36-20(41)10-32-25(48)15(31)5-3-4-8-30/h14-18,24,39H,3-13,30-31H2,1-2H3,(H,32,48)(H,33,50)(H,34,49)(H,35,40)(H,36,41)(H,37,52)(H,38,51)(H,42,43)(H,44,45)(H,46,47)/t15-,16-,17-,18-,24-/m0/s1. The van der Waals surface area contributed by atoms with Gasteiger partial charge in [0.1, 0.15) is 30.7 Å². The van der Waals surface area contributed by atoms with Crippen molar-refractivity contribution in [3.05, 3.63) is 0 Å².